The third kappa shape index (κ3) is 4.60. The maximum Gasteiger partial charge on any atom is 0.119 e. The van der Waals surface area contributed by atoms with E-state index >= 15 is 0 Å². The van der Waals surface area contributed by atoms with Gasteiger partial charge in [0.25, 0.3) is 0 Å². The van der Waals surface area contributed by atoms with Crippen LogP contribution >= 0.6 is 0 Å². The number of para-hydroxylation sites is 1. The molecule has 0 fully saturated rings. The van der Waals surface area contributed by atoms with Gasteiger partial charge in [-0.25, -0.2) is 0 Å². The second kappa shape index (κ2) is 7.39. The van der Waals surface area contributed by atoms with Gasteiger partial charge in [-0.05, 0) is 17.7 Å². The lowest BCUT2D eigenvalue weighted by Crippen LogP contribution is -2.13. The van der Waals surface area contributed by atoms with E-state index in [1.165, 1.54) is 0 Å². The standard InChI is InChI=1S/C17H18O2/c18-13-16(12-11-15-7-3-1-4-8-15)14-19-17-9-5-2-6-10-17/h1-12,16,18H,13-14H2/b12-11+. The fraction of sp³-hybridized carbons (Fsp3) is 0.176. The molecular weight excluding hydrogens is 236 g/mol. The summed E-state index contributed by atoms with van der Waals surface area (Å²) in [7, 11) is 0. The Bertz CT molecular complexity index is 491. The zero-order valence-electron chi connectivity index (χ0n) is 10.8. The minimum Gasteiger partial charge on any atom is -0.493 e. The first-order chi connectivity index (χ1) is 9.38. The van der Waals surface area contributed by atoms with Gasteiger partial charge in [-0.15, -0.1) is 0 Å². The van der Waals surface area contributed by atoms with Crippen molar-refractivity contribution in [2.24, 2.45) is 5.92 Å². The molecule has 1 unspecified atom stereocenters. The van der Waals surface area contributed by atoms with Crippen molar-refractivity contribution in [3.05, 3.63) is 72.3 Å². The molecule has 0 radical (unpaired) electrons. The molecule has 0 aliphatic rings. The van der Waals surface area contributed by atoms with Gasteiger partial charge >= 0.3 is 0 Å². The van der Waals surface area contributed by atoms with E-state index in [9.17, 15) is 5.11 Å². The number of aliphatic hydroxyl groups is 1. The Hall–Kier alpha value is -2.06. The van der Waals surface area contributed by atoms with Crippen molar-refractivity contribution >= 4 is 6.08 Å². The van der Waals surface area contributed by atoms with Gasteiger partial charge < -0.3 is 9.84 Å². The van der Waals surface area contributed by atoms with E-state index in [2.05, 4.69) is 0 Å². The summed E-state index contributed by atoms with van der Waals surface area (Å²) in [5.41, 5.74) is 1.13. The molecule has 98 valence electrons. The Labute approximate surface area is 114 Å². The quantitative estimate of drug-likeness (QED) is 0.856. The molecule has 0 saturated carbocycles. The fourth-order valence-electron chi connectivity index (χ4n) is 1.70. The molecular formula is C17H18O2. The summed E-state index contributed by atoms with van der Waals surface area (Å²) >= 11 is 0. The van der Waals surface area contributed by atoms with E-state index in [1.54, 1.807) is 0 Å². The molecule has 2 heteroatoms. The Morgan fingerprint density at radius 2 is 1.58 bits per heavy atom. The summed E-state index contributed by atoms with van der Waals surface area (Å²) in [6.07, 6.45) is 3.99. The van der Waals surface area contributed by atoms with Gasteiger partial charge in [0.1, 0.15) is 5.75 Å². The van der Waals surface area contributed by atoms with E-state index < -0.39 is 0 Å². The first-order valence-electron chi connectivity index (χ1n) is 6.40. The van der Waals surface area contributed by atoms with Crippen LogP contribution in [0.15, 0.2) is 66.7 Å². The molecule has 0 heterocycles. The minimum atomic E-state index is 0.000382. The first-order valence-corrected chi connectivity index (χ1v) is 6.40. The van der Waals surface area contributed by atoms with Crippen molar-refractivity contribution in [3.63, 3.8) is 0 Å². The predicted octanol–water partition coefficient (Wildman–Crippen LogP) is 3.39. The average molecular weight is 254 g/mol. The van der Waals surface area contributed by atoms with Gasteiger partial charge in [-0.2, -0.15) is 0 Å². The first kappa shape index (κ1) is 13.4. The summed E-state index contributed by atoms with van der Waals surface area (Å²) in [6, 6.07) is 19.7. The number of benzene rings is 2. The number of aliphatic hydroxyl groups excluding tert-OH is 1. The lowest BCUT2D eigenvalue weighted by atomic mass is 10.1. The van der Waals surface area contributed by atoms with Crippen LogP contribution in [-0.2, 0) is 0 Å². The van der Waals surface area contributed by atoms with Crippen molar-refractivity contribution < 1.29 is 9.84 Å². The van der Waals surface area contributed by atoms with Crippen LogP contribution in [0, 0.1) is 5.92 Å². The van der Waals surface area contributed by atoms with E-state index in [0.29, 0.717) is 6.61 Å². The largest absolute Gasteiger partial charge is 0.493 e. The third-order valence-corrected chi connectivity index (χ3v) is 2.80. The molecule has 0 spiro atoms. The number of rotatable bonds is 6. The number of hydrogen-bond donors (Lipinski definition) is 1. The minimum absolute atomic E-state index is 0.000382. The molecule has 2 nitrogen and oxygen atoms in total. The van der Waals surface area contributed by atoms with Gasteiger partial charge in [0.2, 0.25) is 0 Å². The lowest BCUT2D eigenvalue weighted by molar-refractivity contribution is 0.191. The van der Waals surface area contributed by atoms with Crippen LogP contribution in [0.4, 0.5) is 0 Å². The second-order valence-electron chi connectivity index (χ2n) is 4.34. The van der Waals surface area contributed by atoms with Crippen LogP contribution < -0.4 is 4.74 Å². The molecule has 0 amide bonds. The Morgan fingerprint density at radius 1 is 0.947 bits per heavy atom. The lowest BCUT2D eigenvalue weighted by Gasteiger charge is -2.11. The van der Waals surface area contributed by atoms with Gasteiger partial charge in [-0.3, -0.25) is 0 Å². The molecule has 1 N–H and O–H groups in total. The molecule has 0 aliphatic heterocycles. The highest BCUT2D eigenvalue weighted by Gasteiger charge is 2.04. The van der Waals surface area contributed by atoms with Crippen molar-refractivity contribution in [2.45, 2.75) is 0 Å². The Morgan fingerprint density at radius 3 is 2.21 bits per heavy atom. The van der Waals surface area contributed by atoms with Crippen LogP contribution in [0.25, 0.3) is 6.08 Å². The number of ether oxygens (including phenoxy) is 1. The van der Waals surface area contributed by atoms with E-state index in [0.717, 1.165) is 11.3 Å². The Balaban J connectivity index is 1.88. The highest BCUT2D eigenvalue weighted by Crippen LogP contribution is 2.11. The average Bonchev–Trinajstić information content (AvgIpc) is 2.49. The molecule has 2 aromatic carbocycles. The summed E-state index contributed by atoms with van der Waals surface area (Å²) in [5.74, 6) is 0.828. The molecule has 19 heavy (non-hydrogen) atoms. The molecule has 0 saturated heterocycles. The van der Waals surface area contributed by atoms with Gasteiger partial charge in [0.05, 0.1) is 13.2 Å². The summed E-state index contributed by atoms with van der Waals surface area (Å²) in [6.45, 7) is 0.556. The normalized spacial score (nSPS) is 12.5. The van der Waals surface area contributed by atoms with Gasteiger partial charge in [-0.1, -0.05) is 60.7 Å². The molecule has 0 aliphatic carbocycles. The summed E-state index contributed by atoms with van der Waals surface area (Å²) in [5, 5.41) is 9.35. The topological polar surface area (TPSA) is 29.5 Å². The highest BCUT2D eigenvalue weighted by molar-refractivity contribution is 5.49. The van der Waals surface area contributed by atoms with Crippen LogP contribution in [0.5, 0.6) is 5.75 Å². The smallest absolute Gasteiger partial charge is 0.119 e. The molecule has 0 bridgehead atoms. The maximum atomic E-state index is 9.35. The zero-order chi connectivity index (χ0) is 13.3. The van der Waals surface area contributed by atoms with Crippen molar-refractivity contribution in [3.8, 4) is 5.75 Å². The van der Waals surface area contributed by atoms with Crippen LogP contribution in [0.1, 0.15) is 5.56 Å². The van der Waals surface area contributed by atoms with Crippen molar-refractivity contribution in [1.82, 2.24) is 0 Å². The third-order valence-electron chi connectivity index (χ3n) is 2.80. The molecule has 2 rings (SSSR count). The monoisotopic (exact) mass is 254 g/mol. The van der Waals surface area contributed by atoms with Crippen LogP contribution in [0.2, 0.25) is 0 Å². The Kier molecular flexibility index (Phi) is 5.20. The SMILES string of the molecule is OCC(/C=C/c1ccccc1)COc1ccccc1. The predicted molar refractivity (Wildman–Crippen MR) is 78.0 cm³/mol. The maximum absolute atomic E-state index is 9.35. The van der Waals surface area contributed by atoms with Crippen molar-refractivity contribution in [2.75, 3.05) is 13.2 Å². The van der Waals surface area contributed by atoms with Crippen LogP contribution in [0.3, 0.4) is 0 Å². The van der Waals surface area contributed by atoms with Gasteiger partial charge in [0.15, 0.2) is 0 Å². The molecule has 1 atom stereocenters. The van der Waals surface area contributed by atoms with Crippen LogP contribution in [-0.4, -0.2) is 18.3 Å². The molecule has 2 aromatic rings. The van der Waals surface area contributed by atoms with E-state index in [4.69, 9.17) is 4.74 Å². The highest BCUT2D eigenvalue weighted by atomic mass is 16.5. The zero-order valence-corrected chi connectivity index (χ0v) is 10.8. The van der Waals surface area contributed by atoms with Gasteiger partial charge in [0, 0.05) is 5.92 Å². The molecule has 0 aromatic heterocycles. The van der Waals surface area contributed by atoms with Crippen molar-refractivity contribution in [1.29, 1.82) is 0 Å². The fourth-order valence-corrected chi connectivity index (χ4v) is 1.70. The summed E-state index contributed by atoms with van der Waals surface area (Å²) < 4.78 is 5.64. The summed E-state index contributed by atoms with van der Waals surface area (Å²) in [4.78, 5) is 0. The second-order valence-corrected chi connectivity index (χ2v) is 4.34. The van der Waals surface area contributed by atoms with E-state index in [1.807, 2.05) is 72.8 Å². The number of hydrogen-bond acceptors (Lipinski definition) is 2. The van der Waals surface area contributed by atoms with E-state index in [-0.39, 0.29) is 12.5 Å².